The van der Waals surface area contributed by atoms with E-state index in [1.807, 2.05) is 30.5 Å². The van der Waals surface area contributed by atoms with Gasteiger partial charge in [0.05, 0.1) is 16.3 Å². The molecule has 18 heavy (non-hydrogen) atoms. The zero-order chi connectivity index (χ0) is 13.3. The maximum absolute atomic E-state index is 10.7. The molecule has 1 aromatic carbocycles. The van der Waals surface area contributed by atoms with Gasteiger partial charge in [-0.1, -0.05) is 29.4 Å². The number of nitrogens with zero attached hydrogens (tertiary/aromatic N) is 2. The Kier molecular flexibility index (Phi) is 3.82. The van der Waals surface area contributed by atoms with Crippen LogP contribution in [0.15, 0.2) is 23.4 Å². The normalized spacial score (nSPS) is 11.3. The van der Waals surface area contributed by atoms with E-state index in [0.29, 0.717) is 10.2 Å². The molecule has 0 atom stereocenters. The topological polar surface area (TPSA) is 55.1 Å². The average molecular weight is 285 g/mol. The molecule has 0 unspecified atom stereocenters. The van der Waals surface area contributed by atoms with Crippen molar-refractivity contribution in [3.05, 3.63) is 23.2 Å². The predicted octanol–water partition coefficient (Wildman–Crippen LogP) is 3.45. The Hall–Kier alpha value is -1.20. The summed E-state index contributed by atoms with van der Waals surface area (Å²) >= 11 is 7.32. The first kappa shape index (κ1) is 13.2. The second kappa shape index (κ2) is 5.20. The number of carboxylic acid groups (broad SMARTS) is 1. The molecule has 2 rings (SSSR count). The molecule has 0 saturated heterocycles. The van der Waals surface area contributed by atoms with Crippen molar-refractivity contribution in [2.24, 2.45) is 0 Å². The molecule has 1 aromatic heterocycles. The van der Waals surface area contributed by atoms with Crippen LogP contribution in [-0.2, 0) is 4.79 Å². The zero-order valence-corrected chi connectivity index (χ0v) is 11.6. The fraction of sp³-hybridized carbons (Fsp3) is 0.333. The number of halogens is 1. The van der Waals surface area contributed by atoms with E-state index in [2.05, 4.69) is 4.98 Å². The van der Waals surface area contributed by atoms with Gasteiger partial charge >= 0.3 is 5.97 Å². The van der Waals surface area contributed by atoms with E-state index in [-0.39, 0.29) is 11.8 Å². The molecule has 0 aliphatic heterocycles. The molecule has 0 spiro atoms. The number of carboxylic acids is 1. The molecule has 1 N–H and O–H groups in total. The highest BCUT2D eigenvalue weighted by Gasteiger charge is 2.16. The number of fused-ring (bicyclic) bond motifs is 1. The molecule has 4 nitrogen and oxygen atoms in total. The molecule has 0 bridgehead atoms. The first-order valence-corrected chi connectivity index (χ1v) is 6.88. The quantitative estimate of drug-likeness (QED) is 0.874. The summed E-state index contributed by atoms with van der Waals surface area (Å²) in [5, 5.41) is 10.0. The summed E-state index contributed by atoms with van der Waals surface area (Å²) in [6.07, 6.45) is 0. The molecule has 0 aliphatic carbocycles. The van der Waals surface area contributed by atoms with E-state index in [9.17, 15) is 4.79 Å². The Bertz CT molecular complexity index is 595. The minimum atomic E-state index is -0.853. The van der Waals surface area contributed by atoms with Gasteiger partial charge < -0.3 is 9.67 Å². The van der Waals surface area contributed by atoms with Gasteiger partial charge in [0.1, 0.15) is 5.52 Å². The Labute approximate surface area is 114 Å². The van der Waals surface area contributed by atoms with Crippen LogP contribution in [0, 0.1) is 0 Å². The monoisotopic (exact) mass is 284 g/mol. The Morgan fingerprint density at radius 2 is 2.28 bits per heavy atom. The Morgan fingerprint density at radius 3 is 2.89 bits per heavy atom. The molecular weight excluding hydrogens is 272 g/mol. The number of para-hydroxylation sites is 1. The second-order valence-electron chi connectivity index (χ2n) is 4.15. The number of thioether (sulfide) groups is 1. The molecule has 0 saturated carbocycles. The van der Waals surface area contributed by atoms with Gasteiger partial charge in [-0.2, -0.15) is 0 Å². The van der Waals surface area contributed by atoms with Gasteiger partial charge in [-0.05, 0) is 26.0 Å². The van der Waals surface area contributed by atoms with Crippen molar-refractivity contribution in [2.45, 2.75) is 25.0 Å². The third-order valence-electron chi connectivity index (χ3n) is 2.48. The highest BCUT2D eigenvalue weighted by atomic mass is 35.5. The lowest BCUT2D eigenvalue weighted by molar-refractivity contribution is -0.133. The van der Waals surface area contributed by atoms with Crippen LogP contribution in [0.5, 0.6) is 0 Å². The van der Waals surface area contributed by atoms with Crippen molar-refractivity contribution in [2.75, 3.05) is 5.75 Å². The molecule has 0 aliphatic rings. The van der Waals surface area contributed by atoms with E-state index >= 15 is 0 Å². The maximum Gasteiger partial charge on any atom is 0.313 e. The summed E-state index contributed by atoms with van der Waals surface area (Å²) in [5.41, 5.74) is 1.66. The number of benzene rings is 1. The largest absolute Gasteiger partial charge is 0.481 e. The van der Waals surface area contributed by atoms with Crippen LogP contribution >= 0.6 is 23.4 Å². The van der Waals surface area contributed by atoms with Gasteiger partial charge in [0.25, 0.3) is 0 Å². The number of rotatable bonds is 4. The first-order chi connectivity index (χ1) is 8.50. The summed E-state index contributed by atoms with van der Waals surface area (Å²) in [5.74, 6) is -0.860. The minimum Gasteiger partial charge on any atom is -0.481 e. The zero-order valence-electron chi connectivity index (χ0n) is 10.1. The third kappa shape index (κ3) is 2.47. The van der Waals surface area contributed by atoms with E-state index in [1.165, 1.54) is 11.8 Å². The van der Waals surface area contributed by atoms with Crippen LogP contribution < -0.4 is 0 Å². The summed E-state index contributed by atoms with van der Waals surface area (Å²) in [6.45, 7) is 4.07. The van der Waals surface area contributed by atoms with Crippen LogP contribution in [0.25, 0.3) is 11.0 Å². The number of hydrogen-bond acceptors (Lipinski definition) is 3. The lowest BCUT2D eigenvalue weighted by Crippen LogP contribution is -2.05. The predicted molar refractivity (Wildman–Crippen MR) is 73.5 cm³/mol. The summed E-state index contributed by atoms with van der Waals surface area (Å²) in [6, 6.07) is 5.80. The Morgan fingerprint density at radius 1 is 1.56 bits per heavy atom. The highest BCUT2D eigenvalue weighted by molar-refractivity contribution is 7.99. The molecule has 96 valence electrons. The average Bonchev–Trinajstić information content (AvgIpc) is 2.66. The van der Waals surface area contributed by atoms with Crippen molar-refractivity contribution in [3.8, 4) is 0 Å². The fourth-order valence-corrected chi connectivity index (χ4v) is 2.86. The standard InChI is InChI=1S/C12H13ClN2O2S/c1-7(2)15-9-5-3-4-8(13)11(9)14-12(15)18-6-10(16)17/h3-5,7H,6H2,1-2H3,(H,16,17). The van der Waals surface area contributed by atoms with Crippen molar-refractivity contribution < 1.29 is 9.90 Å². The van der Waals surface area contributed by atoms with Crippen LogP contribution in [0.4, 0.5) is 0 Å². The maximum atomic E-state index is 10.7. The number of carbonyl (C=O) groups is 1. The fourth-order valence-electron chi connectivity index (χ4n) is 1.79. The number of aliphatic carboxylic acids is 1. The lowest BCUT2D eigenvalue weighted by Gasteiger charge is -2.11. The van der Waals surface area contributed by atoms with Gasteiger partial charge in [-0.25, -0.2) is 4.98 Å². The SMILES string of the molecule is CC(C)n1c(SCC(=O)O)nc2c(Cl)cccc21. The molecule has 0 radical (unpaired) electrons. The first-order valence-electron chi connectivity index (χ1n) is 5.51. The summed E-state index contributed by atoms with van der Waals surface area (Å²) in [4.78, 5) is 15.1. The van der Waals surface area contributed by atoms with Crippen LogP contribution in [0.1, 0.15) is 19.9 Å². The molecule has 1 heterocycles. The van der Waals surface area contributed by atoms with Crippen LogP contribution in [-0.4, -0.2) is 26.4 Å². The van der Waals surface area contributed by atoms with Crippen molar-refractivity contribution >= 4 is 40.4 Å². The molecule has 0 fully saturated rings. The number of hydrogen-bond donors (Lipinski definition) is 1. The smallest absolute Gasteiger partial charge is 0.313 e. The van der Waals surface area contributed by atoms with Crippen molar-refractivity contribution in [3.63, 3.8) is 0 Å². The molecule has 0 amide bonds. The summed E-state index contributed by atoms with van der Waals surface area (Å²) in [7, 11) is 0. The van der Waals surface area contributed by atoms with Crippen LogP contribution in [0.2, 0.25) is 5.02 Å². The number of aromatic nitrogens is 2. The van der Waals surface area contributed by atoms with Crippen molar-refractivity contribution in [1.82, 2.24) is 9.55 Å². The minimum absolute atomic E-state index is 0.00629. The van der Waals surface area contributed by atoms with Gasteiger partial charge in [-0.3, -0.25) is 4.79 Å². The van der Waals surface area contributed by atoms with E-state index < -0.39 is 5.97 Å². The van der Waals surface area contributed by atoms with E-state index in [4.69, 9.17) is 16.7 Å². The van der Waals surface area contributed by atoms with Gasteiger partial charge in [-0.15, -0.1) is 0 Å². The van der Waals surface area contributed by atoms with E-state index in [1.54, 1.807) is 6.07 Å². The Balaban J connectivity index is 2.54. The third-order valence-corrected chi connectivity index (χ3v) is 3.72. The molecule has 6 heteroatoms. The lowest BCUT2D eigenvalue weighted by atomic mass is 10.3. The molecule has 2 aromatic rings. The number of imidazole rings is 1. The van der Waals surface area contributed by atoms with Gasteiger partial charge in [0, 0.05) is 6.04 Å². The van der Waals surface area contributed by atoms with Crippen molar-refractivity contribution in [1.29, 1.82) is 0 Å². The van der Waals surface area contributed by atoms with Gasteiger partial charge in [0.2, 0.25) is 0 Å². The van der Waals surface area contributed by atoms with E-state index in [0.717, 1.165) is 11.0 Å². The summed E-state index contributed by atoms with van der Waals surface area (Å²) < 4.78 is 2.01. The second-order valence-corrected chi connectivity index (χ2v) is 5.50. The van der Waals surface area contributed by atoms with Gasteiger partial charge in [0.15, 0.2) is 5.16 Å². The highest BCUT2D eigenvalue weighted by Crippen LogP contribution is 2.31. The molecular formula is C12H13ClN2O2S. The van der Waals surface area contributed by atoms with Crippen LogP contribution in [0.3, 0.4) is 0 Å².